The van der Waals surface area contributed by atoms with Crippen LogP contribution in [0.4, 0.5) is 0 Å². The first-order chi connectivity index (χ1) is 11.6. The fraction of sp³-hybridized carbons (Fsp3) is 0.765. The highest BCUT2D eigenvalue weighted by atomic mass is 16.5. The van der Waals surface area contributed by atoms with Crippen LogP contribution in [0.5, 0.6) is 0 Å². The van der Waals surface area contributed by atoms with Gasteiger partial charge in [-0.15, -0.1) is 0 Å². The minimum atomic E-state index is 0.378. The number of nitrogens with zero attached hydrogens (tertiary/aromatic N) is 3. The zero-order chi connectivity index (χ0) is 17.4. The minimum absolute atomic E-state index is 0.378. The van der Waals surface area contributed by atoms with E-state index in [4.69, 9.17) is 9.26 Å². The summed E-state index contributed by atoms with van der Waals surface area (Å²) in [6.07, 6.45) is 2.23. The van der Waals surface area contributed by atoms with Gasteiger partial charge in [-0.3, -0.25) is 4.99 Å². The summed E-state index contributed by atoms with van der Waals surface area (Å²) >= 11 is 0. The second kappa shape index (κ2) is 9.64. The smallest absolute Gasteiger partial charge is 0.191 e. The van der Waals surface area contributed by atoms with E-state index in [-0.39, 0.29) is 0 Å². The Labute approximate surface area is 144 Å². The lowest BCUT2D eigenvalue weighted by Crippen LogP contribution is -2.48. The fourth-order valence-electron chi connectivity index (χ4n) is 2.76. The summed E-state index contributed by atoms with van der Waals surface area (Å²) in [5.74, 6) is 2.02. The van der Waals surface area contributed by atoms with E-state index in [1.54, 1.807) is 14.2 Å². The summed E-state index contributed by atoms with van der Waals surface area (Å²) in [6, 6.07) is 2.45. The molecule has 136 valence electrons. The summed E-state index contributed by atoms with van der Waals surface area (Å²) in [4.78, 5) is 6.75. The Hall–Kier alpha value is -1.60. The van der Waals surface area contributed by atoms with Crippen molar-refractivity contribution in [1.29, 1.82) is 0 Å². The van der Waals surface area contributed by atoms with Gasteiger partial charge in [-0.05, 0) is 18.8 Å². The first-order valence-electron chi connectivity index (χ1n) is 8.76. The van der Waals surface area contributed by atoms with E-state index < -0.39 is 0 Å². The molecule has 1 saturated heterocycles. The van der Waals surface area contributed by atoms with Gasteiger partial charge in [0.25, 0.3) is 0 Å². The lowest BCUT2D eigenvalue weighted by atomic mass is 10.1. The number of hydrogen-bond acceptors (Lipinski definition) is 5. The van der Waals surface area contributed by atoms with Crippen LogP contribution in [0.25, 0.3) is 0 Å². The standard InChI is InChI=1S/C17H31N5O2/c1-13(2)16-11-15(24-21-16)12-19-17(18-3)20-14-5-7-22(8-6-14)9-10-23-4/h11,13-14H,5-10,12H2,1-4H3,(H2,18,19,20). The molecule has 0 spiro atoms. The Kier molecular flexibility index (Phi) is 7.52. The number of likely N-dealkylation sites (tertiary alicyclic amines) is 1. The largest absolute Gasteiger partial charge is 0.383 e. The van der Waals surface area contributed by atoms with Gasteiger partial charge in [-0.25, -0.2) is 0 Å². The average molecular weight is 337 g/mol. The zero-order valence-corrected chi connectivity index (χ0v) is 15.3. The maximum atomic E-state index is 5.35. The molecule has 7 heteroatoms. The van der Waals surface area contributed by atoms with E-state index in [1.165, 1.54) is 0 Å². The van der Waals surface area contributed by atoms with Crippen LogP contribution in [0.3, 0.4) is 0 Å². The van der Waals surface area contributed by atoms with Crippen molar-refractivity contribution in [1.82, 2.24) is 20.7 Å². The van der Waals surface area contributed by atoms with Gasteiger partial charge in [-0.2, -0.15) is 0 Å². The normalized spacial score (nSPS) is 17.5. The fourth-order valence-corrected chi connectivity index (χ4v) is 2.76. The first kappa shape index (κ1) is 18.7. The Morgan fingerprint density at radius 2 is 2.21 bits per heavy atom. The highest BCUT2D eigenvalue weighted by Crippen LogP contribution is 2.14. The Bertz CT molecular complexity index is 507. The topological polar surface area (TPSA) is 74.9 Å². The van der Waals surface area contributed by atoms with E-state index in [9.17, 15) is 0 Å². The van der Waals surface area contributed by atoms with Gasteiger partial charge in [0.1, 0.15) is 0 Å². The van der Waals surface area contributed by atoms with Crippen LogP contribution in [0.15, 0.2) is 15.6 Å². The van der Waals surface area contributed by atoms with Crippen LogP contribution in [-0.4, -0.2) is 62.5 Å². The van der Waals surface area contributed by atoms with Gasteiger partial charge in [0, 0.05) is 45.9 Å². The molecule has 0 aromatic carbocycles. The predicted molar refractivity (Wildman–Crippen MR) is 95.3 cm³/mol. The molecule has 0 saturated carbocycles. The summed E-state index contributed by atoms with van der Waals surface area (Å²) in [6.45, 7) is 8.81. The molecule has 1 aliphatic rings. The number of piperidine rings is 1. The number of guanidine groups is 1. The Morgan fingerprint density at radius 3 is 2.79 bits per heavy atom. The van der Waals surface area contributed by atoms with Crippen molar-refractivity contribution in [3.05, 3.63) is 17.5 Å². The third-order valence-corrected chi connectivity index (χ3v) is 4.36. The van der Waals surface area contributed by atoms with E-state index in [0.717, 1.165) is 56.5 Å². The molecular formula is C17H31N5O2. The third-order valence-electron chi connectivity index (χ3n) is 4.36. The van der Waals surface area contributed by atoms with E-state index >= 15 is 0 Å². The van der Waals surface area contributed by atoms with Crippen LogP contribution in [0.1, 0.15) is 44.1 Å². The molecule has 2 N–H and O–H groups in total. The molecule has 0 atom stereocenters. The molecule has 0 radical (unpaired) electrons. The number of methoxy groups -OCH3 is 1. The van der Waals surface area contributed by atoms with Crippen molar-refractivity contribution < 1.29 is 9.26 Å². The average Bonchev–Trinajstić information content (AvgIpc) is 3.07. The molecule has 1 aromatic heterocycles. The lowest BCUT2D eigenvalue weighted by Gasteiger charge is -2.32. The van der Waals surface area contributed by atoms with Crippen molar-refractivity contribution in [3.8, 4) is 0 Å². The molecule has 0 unspecified atom stereocenters. The van der Waals surface area contributed by atoms with Gasteiger partial charge in [0.05, 0.1) is 18.8 Å². The summed E-state index contributed by atoms with van der Waals surface area (Å²) < 4.78 is 10.5. The monoisotopic (exact) mass is 337 g/mol. The summed E-state index contributed by atoms with van der Waals surface area (Å²) in [7, 11) is 3.55. The van der Waals surface area contributed by atoms with Crippen LogP contribution in [0.2, 0.25) is 0 Å². The molecule has 24 heavy (non-hydrogen) atoms. The van der Waals surface area contributed by atoms with E-state index in [1.807, 2.05) is 6.07 Å². The van der Waals surface area contributed by atoms with E-state index in [2.05, 4.69) is 39.5 Å². The predicted octanol–water partition coefficient (Wildman–Crippen LogP) is 1.57. The van der Waals surface area contributed by atoms with Crippen molar-refractivity contribution in [3.63, 3.8) is 0 Å². The van der Waals surface area contributed by atoms with Crippen LogP contribution >= 0.6 is 0 Å². The molecule has 1 aromatic rings. The minimum Gasteiger partial charge on any atom is -0.383 e. The maximum Gasteiger partial charge on any atom is 0.191 e. The second-order valence-electron chi connectivity index (χ2n) is 6.55. The number of aliphatic imine (C=N–C) groups is 1. The number of hydrogen-bond donors (Lipinski definition) is 2. The van der Waals surface area contributed by atoms with Gasteiger partial charge in [0.15, 0.2) is 11.7 Å². The summed E-state index contributed by atoms with van der Waals surface area (Å²) in [5.41, 5.74) is 0.984. The van der Waals surface area contributed by atoms with Crippen molar-refractivity contribution >= 4 is 5.96 Å². The number of aromatic nitrogens is 1. The lowest BCUT2D eigenvalue weighted by molar-refractivity contribution is 0.128. The Balaban J connectivity index is 1.72. The zero-order valence-electron chi connectivity index (χ0n) is 15.3. The van der Waals surface area contributed by atoms with Crippen molar-refractivity contribution in [2.75, 3.05) is 40.4 Å². The maximum absolute atomic E-state index is 5.35. The van der Waals surface area contributed by atoms with Gasteiger partial charge < -0.3 is 24.8 Å². The van der Waals surface area contributed by atoms with Crippen molar-refractivity contribution in [2.45, 2.75) is 45.2 Å². The highest BCUT2D eigenvalue weighted by Gasteiger charge is 2.19. The first-order valence-corrected chi connectivity index (χ1v) is 8.76. The Morgan fingerprint density at radius 1 is 1.46 bits per heavy atom. The molecule has 0 bridgehead atoms. The third kappa shape index (κ3) is 5.79. The number of ether oxygens (including phenoxy) is 1. The molecule has 0 amide bonds. The second-order valence-corrected chi connectivity index (χ2v) is 6.55. The number of nitrogens with one attached hydrogen (secondary N) is 2. The van der Waals surface area contributed by atoms with Crippen LogP contribution in [0, 0.1) is 0 Å². The molecule has 1 aliphatic heterocycles. The van der Waals surface area contributed by atoms with Gasteiger partial charge in [-0.1, -0.05) is 19.0 Å². The van der Waals surface area contributed by atoms with E-state index in [0.29, 0.717) is 18.5 Å². The van der Waals surface area contributed by atoms with Gasteiger partial charge in [0.2, 0.25) is 0 Å². The SMILES string of the molecule is CN=C(NCc1cc(C(C)C)no1)NC1CCN(CCOC)CC1. The quantitative estimate of drug-likeness (QED) is 0.581. The van der Waals surface area contributed by atoms with Crippen molar-refractivity contribution in [2.24, 2.45) is 4.99 Å². The van der Waals surface area contributed by atoms with Crippen LogP contribution in [-0.2, 0) is 11.3 Å². The summed E-state index contributed by atoms with van der Waals surface area (Å²) in [5, 5.41) is 10.9. The number of rotatable bonds is 7. The van der Waals surface area contributed by atoms with Crippen LogP contribution < -0.4 is 10.6 Å². The van der Waals surface area contributed by atoms with Gasteiger partial charge >= 0.3 is 0 Å². The molecule has 1 fully saturated rings. The molecule has 7 nitrogen and oxygen atoms in total. The molecular weight excluding hydrogens is 306 g/mol. The molecule has 0 aliphatic carbocycles. The highest BCUT2D eigenvalue weighted by molar-refractivity contribution is 5.79. The molecule has 2 rings (SSSR count). The molecule has 2 heterocycles.